The highest BCUT2D eigenvalue weighted by molar-refractivity contribution is 5.89. The van der Waals surface area contributed by atoms with Crippen LogP contribution in [0.2, 0.25) is 0 Å². The molecule has 12 heavy (non-hydrogen) atoms. The number of benzene rings is 1. The molecule has 0 radical (unpaired) electrons. The van der Waals surface area contributed by atoms with Crippen molar-refractivity contribution >= 4 is 16.6 Å². The predicted molar refractivity (Wildman–Crippen MR) is 46.5 cm³/mol. The molecule has 1 aromatic carbocycles. The first-order valence-corrected chi connectivity index (χ1v) is 3.62. The molecule has 0 fully saturated rings. The second kappa shape index (κ2) is 2.77. The summed E-state index contributed by atoms with van der Waals surface area (Å²) in [5.41, 5.74) is 2.67. The minimum absolute atomic E-state index is 0.410. The van der Waals surface area contributed by atoms with Gasteiger partial charge in [0.2, 0.25) is 0 Å². The predicted octanol–water partition coefficient (Wildman–Crippen LogP) is 2.53. The van der Waals surface area contributed by atoms with Gasteiger partial charge in [-0.3, -0.25) is 4.98 Å². The molecule has 2 nitrogen and oxygen atoms in total. The van der Waals surface area contributed by atoms with Crippen molar-refractivity contribution in [3.63, 3.8) is 0 Å². The Bertz CT molecular complexity index is 395. The van der Waals surface area contributed by atoms with E-state index in [1.807, 2.05) is 18.2 Å². The standard InChI is InChI=1S/C9H7FN2/c10-12-8-5-1-3-7-4-2-6-11-9(7)8/h1-6,12H. The van der Waals surface area contributed by atoms with Crippen molar-refractivity contribution in [3.05, 3.63) is 36.5 Å². The number of pyridine rings is 1. The average Bonchev–Trinajstić information content (AvgIpc) is 2.17. The Labute approximate surface area is 69.0 Å². The number of nitrogens with zero attached hydrogens (tertiary/aromatic N) is 1. The zero-order valence-electron chi connectivity index (χ0n) is 6.29. The van der Waals surface area contributed by atoms with E-state index in [4.69, 9.17) is 0 Å². The molecule has 0 unspecified atom stereocenters. The summed E-state index contributed by atoms with van der Waals surface area (Å²) < 4.78 is 12.2. The third kappa shape index (κ3) is 0.993. The van der Waals surface area contributed by atoms with Gasteiger partial charge in [-0.2, -0.15) is 0 Å². The molecule has 60 valence electrons. The summed E-state index contributed by atoms with van der Waals surface area (Å²) in [6.07, 6.45) is 1.64. The maximum absolute atomic E-state index is 12.2. The summed E-state index contributed by atoms with van der Waals surface area (Å²) in [5, 5.41) is 0.931. The van der Waals surface area contributed by atoms with E-state index in [0.29, 0.717) is 11.2 Å². The van der Waals surface area contributed by atoms with Crippen LogP contribution < -0.4 is 5.54 Å². The monoisotopic (exact) mass is 162 g/mol. The van der Waals surface area contributed by atoms with Crippen molar-refractivity contribution in [2.45, 2.75) is 0 Å². The Morgan fingerprint density at radius 1 is 1.17 bits per heavy atom. The van der Waals surface area contributed by atoms with Crippen LogP contribution >= 0.6 is 0 Å². The topological polar surface area (TPSA) is 24.9 Å². The van der Waals surface area contributed by atoms with Gasteiger partial charge in [-0.15, -0.1) is 4.48 Å². The fourth-order valence-corrected chi connectivity index (χ4v) is 1.18. The molecule has 1 heterocycles. The van der Waals surface area contributed by atoms with Gasteiger partial charge in [0, 0.05) is 11.6 Å². The van der Waals surface area contributed by atoms with E-state index in [1.54, 1.807) is 23.9 Å². The van der Waals surface area contributed by atoms with E-state index in [-0.39, 0.29) is 0 Å². The third-order valence-electron chi connectivity index (χ3n) is 1.73. The fourth-order valence-electron chi connectivity index (χ4n) is 1.18. The zero-order valence-corrected chi connectivity index (χ0v) is 6.29. The van der Waals surface area contributed by atoms with Gasteiger partial charge < -0.3 is 0 Å². The van der Waals surface area contributed by atoms with Gasteiger partial charge in [0.1, 0.15) is 0 Å². The highest BCUT2D eigenvalue weighted by Gasteiger charge is 1.98. The molecule has 1 aromatic heterocycles. The molecule has 0 aliphatic carbocycles. The molecule has 3 heteroatoms. The Kier molecular flexibility index (Phi) is 1.63. The summed E-state index contributed by atoms with van der Waals surface area (Å²) in [6.45, 7) is 0. The summed E-state index contributed by atoms with van der Waals surface area (Å²) >= 11 is 0. The molecule has 0 bridgehead atoms. The van der Waals surface area contributed by atoms with Crippen LogP contribution in [0, 0.1) is 0 Å². The fraction of sp³-hybridized carbons (Fsp3) is 0. The minimum atomic E-state index is 0.410. The second-order valence-corrected chi connectivity index (χ2v) is 2.48. The number of rotatable bonds is 1. The summed E-state index contributed by atoms with van der Waals surface area (Å²) in [5.74, 6) is 0. The lowest BCUT2D eigenvalue weighted by atomic mass is 10.2. The normalized spacial score (nSPS) is 10.1. The summed E-state index contributed by atoms with van der Waals surface area (Å²) in [6, 6.07) is 9.04. The maximum atomic E-state index is 12.2. The van der Waals surface area contributed by atoms with E-state index in [9.17, 15) is 4.48 Å². The van der Waals surface area contributed by atoms with Crippen LogP contribution in [-0.4, -0.2) is 4.98 Å². The molecule has 0 atom stereocenters. The van der Waals surface area contributed by atoms with Crippen LogP contribution in [0.25, 0.3) is 10.9 Å². The van der Waals surface area contributed by atoms with Crippen LogP contribution in [0.15, 0.2) is 36.5 Å². The lowest BCUT2D eigenvalue weighted by Crippen LogP contribution is -1.85. The Morgan fingerprint density at radius 2 is 2.00 bits per heavy atom. The smallest absolute Gasteiger partial charge is 0.0959 e. The van der Waals surface area contributed by atoms with Gasteiger partial charge >= 0.3 is 0 Å². The van der Waals surface area contributed by atoms with E-state index >= 15 is 0 Å². The van der Waals surface area contributed by atoms with Crippen LogP contribution in [0.1, 0.15) is 0 Å². The van der Waals surface area contributed by atoms with E-state index in [1.165, 1.54) is 0 Å². The second-order valence-electron chi connectivity index (χ2n) is 2.48. The highest BCUT2D eigenvalue weighted by Crippen LogP contribution is 2.20. The van der Waals surface area contributed by atoms with Crippen molar-refractivity contribution in [1.29, 1.82) is 0 Å². The maximum Gasteiger partial charge on any atom is 0.0959 e. The van der Waals surface area contributed by atoms with Gasteiger partial charge in [-0.05, 0) is 12.1 Å². The highest BCUT2D eigenvalue weighted by atomic mass is 19.2. The Morgan fingerprint density at radius 3 is 2.83 bits per heavy atom. The van der Waals surface area contributed by atoms with Gasteiger partial charge in [-0.1, -0.05) is 18.2 Å². The van der Waals surface area contributed by atoms with Crippen molar-refractivity contribution in [2.75, 3.05) is 5.54 Å². The summed E-state index contributed by atoms with van der Waals surface area (Å²) in [4.78, 5) is 4.05. The largest absolute Gasteiger partial charge is 0.254 e. The van der Waals surface area contributed by atoms with Crippen molar-refractivity contribution in [3.8, 4) is 0 Å². The van der Waals surface area contributed by atoms with E-state index in [0.717, 1.165) is 5.39 Å². The van der Waals surface area contributed by atoms with E-state index < -0.39 is 0 Å². The molecule has 2 rings (SSSR count). The number of hydrogen-bond acceptors (Lipinski definition) is 2. The first-order chi connectivity index (χ1) is 5.92. The zero-order chi connectivity index (χ0) is 8.39. The molecule has 0 spiro atoms. The van der Waals surface area contributed by atoms with Crippen LogP contribution in [0.5, 0.6) is 0 Å². The first kappa shape index (κ1) is 7.03. The number of fused-ring (bicyclic) bond motifs is 1. The number of halogens is 1. The minimum Gasteiger partial charge on any atom is -0.254 e. The third-order valence-corrected chi connectivity index (χ3v) is 1.73. The summed E-state index contributed by atoms with van der Waals surface area (Å²) in [7, 11) is 0. The molecule has 1 N–H and O–H groups in total. The molecule has 0 aliphatic rings. The SMILES string of the molecule is FNc1cccc2cccnc12. The lowest BCUT2D eigenvalue weighted by molar-refractivity contribution is 0.619. The van der Waals surface area contributed by atoms with Gasteiger partial charge in [0.25, 0.3) is 0 Å². The van der Waals surface area contributed by atoms with Crippen molar-refractivity contribution in [1.82, 2.24) is 4.98 Å². The average molecular weight is 162 g/mol. The lowest BCUT2D eigenvalue weighted by Gasteiger charge is -2.00. The molecule has 0 saturated carbocycles. The Balaban J connectivity index is 2.79. The molecular weight excluding hydrogens is 155 g/mol. The molecule has 0 amide bonds. The van der Waals surface area contributed by atoms with E-state index in [2.05, 4.69) is 4.98 Å². The van der Waals surface area contributed by atoms with Gasteiger partial charge in [-0.25, -0.2) is 5.54 Å². The first-order valence-electron chi connectivity index (χ1n) is 3.62. The van der Waals surface area contributed by atoms with Crippen LogP contribution in [-0.2, 0) is 0 Å². The number of nitrogens with one attached hydrogen (secondary N) is 1. The van der Waals surface area contributed by atoms with Crippen LogP contribution in [0.3, 0.4) is 0 Å². The van der Waals surface area contributed by atoms with Gasteiger partial charge in [0.05, 0.1) is 11.2 Å². The molecular formula is C9H7FN2. The van der Waals surface area contributed by atoms with Crippen LogP contribution in [0.4, 0.5) is 10.2 Å². The molecule has 0 saturated heterocycles. The number of aromatic nitrogens is 1. The quantitative estimate of drug-likeness (QED) is 0.652. The number of anilines is 1. The molecule has 0 aliphatic heterocycles. The number of hydrogen-bond donors (Lipinski definition) is 1. The van der Waals surface area contributed by atoms with Gasteiger partial charge in [0.15, 0.2) is 0 Å². The Hall–Kier alpha value is -1.64. The van der Waals surface area contributed by atoms with Crippen molar-refractivity contribution < 1.29 is 4.48 Å². The molecule has 2 aromatic rings. The number of para-hydroxylation sites is 1. The van der Waals surface area contributed by atoms with Crippen molar-refractivity contribution in [2.24, 2.45) is 0 Å².